The van der Waals surface area contributed by atoms with Gasteiger partial charge >= 0.3 is 0 Å². The highest BCUT2D eigenvalue weighted by molar-refractivity contribution is 7.92. The minimum atomic E-state index is -3.75. The Morgan fingerprint density at radius 1 is 1.23 bits per heavy atom. The highest BCUT2D eigenvalue weighted by atomic mass is 35.5. The standard InChI is InChI=1S/C20H18Cl2N4O4S/c1-30-15-8-7-13-9-14(20(22)24-17(13)10-15)11-23-25-19(27)12-26(31(2,28)29)18-6-4-3-5-16(18)21/h3-11H,12H2,1-2H3,(H,25,27)/b23-11-. The van der Waals surface area contributed by atoms with Gasteiger partial charge in [0.25, 0.3) is 5.91 Å². The number of rotatable bonds is 7. The number of benzene rings is 2. The number of hydrogen-bond donors (Lipinski definition) is 1. The minimum Gasteiger partial charge on any atom is -0.497 e. The second-order valence-corrected chi connectivity index (χ2v) is 9.11. The molecule has 162 valence electrons. The van der Waals surface area contributed by atoms with Crippen LogP contribution in [0.1, 0.15) is 5.56 Å². The molecule has 0 aliphatic rings. The summed E-state index contributed by atoms with van der Waals surface area (Å²) in [5.74, 6) is -0.00472. The molecular formula is C20H18Cl2N4O4S. The molecule has 0 saturated heterocycles. The van der Waals surface area contributed by atoms with Crippen LogP contribution >= 0.6 is 23.2 Å². The largest absolute Gasteiger partial charge is 0.497 e. The molecule has 1 heterocycles. The van der Waals surface area contributed by atoms with Crippen molar-refractivity contribution in [2.24, 2.45) is 5.10 Å². The molecule has 11 heteroatoms. The van der Waals surface area contributed by atoms with E-state index in [1.54, 1.807) is 37.4 Å². The molecule has 0 saturated carbocycles. The summed E-state index contributed by atoms with van der Waals surface area (Å²) in [7, 11) is -2.20. The maximum absolute atomic E-state index is 12.3. The number of sulfonamides is 1. The van der Waals surface area contributed by atoms with Crippen molar-refractivity contribution in [3.8, 4) is 5.75 Å². The van der Waals surface area contributed by atoms with Crippen molar-refractivity contribution in [1.29, 1.82) is 0 Å². The summed E-state index contributed by atoms with van der Waals surface area (Å²) < 4.78 is 30.4. The number of para-hydroxylation sites is 1. The van der Waals surface area contributed by atoms with E-state index in [9.17, 15) is 13.2 Å². The Bertz CT molecular complexity index is 1270. The van der Waals surface area contributed by atoms with E-state index in [-0.39, 0.29) is 15.9 Å². The van der Waals surface area contributed by atoms with Crippen LogP contribution in [-0.2, 0) is 14.8 Å². The summed E-state index contributed by atoms with van der Waals surface area (Å²) in [6.07, 6.45) is 2.32. The van der Waals surface area contributed by atoms with Gasteiger partial charge in [0.1, 0.15) is 17.4 Å². The van der Waals surface area contributed by atoms with Crippen LogP contribution in [0, 0.1) is 0 Å². The second-order valence-electron chi connectivity index (χ2n) is 6.44. The smallest absolute Gasteiger partial charge is 0.260 e. The Balaban J connectivity index is 1.75. The van der Waals surface area contributed by atoms with E-state index in [2.05, 4.69) is 15.5 Å². The van der Waals surface area contributed by atoms with Crippen LogP contribution in [0.3, 0.4) is 0 Å². The average molecular weight is 481 g/mol. The topological polar surface area (TPSA) is 101 Å². The molecule has 3 rings (SSSR count). The van der Waals surface area contributed by atoms with E-state index in [0.717, 1.165) is 15.9 Å². The lowest BCUT2D eigenvalue weighted by atomic mass is 10.1. The van der Waals surface area contributed by atoms with Crippen LogP contribution in [0.5, 0.6) is 5.75 Å². The summed E-state index contributed by atoms with van der Waals surface area (Å²) in [6, 6.07) is 13.4. The molecule has 0 radical (unpaired) electrons. The quantitative estimate of drug-likeness (QED) is 0.317. The third kappa shape index (κ3) is 5.63. The zero-order valence-corrected chi connectivity index (χ0v) is 18.9. The maximum Gasteiger partial charge on any atom is 0.260 e. The molecule has 0 unspecified atom stereocenters. The first kappa shape index (κ1) is 22.8. The summed E-state index contributed by atoms with van der Waals surface area (Å²) in [5.41, 5.74) is 3.61. The Morgan fingerprint density at radius 2 is 1.97 bits per heavy atom. The van der Waals surface area contributed by atoms with Crippen molar-refractivity contribution in [3.63, 3.8) is 0 Å². The molecule has 0 atom stereocenters. The van der Waals surface area contributed by atoms with E-state index in [4.69, 9.17) is 27.9 Å². The van der Waals surface area contributed by atoms with Crippen LogP contribution in [0.2, 0.25) is 10.2 Å². The number of aromatic nitrogens is 1. The number of nitrogens with zero attached hydrogens (tertiary/aromatic N) is 3. The summed E-state index contributed by atoms with van der Waals surface area (Å²) in [6.45, 7) is -0.497. The zero-order chi connectivity index (χ0) is 22.6. The number of carbonyl (C=O) groups excluding carboxylic acids is 1. The van der Waals surface area contributed by atoms with Crippen molar-refractivity contribution in [2.45, 2.75) is 0 Å². The minimum absolute atomic E-state index is 0.188. The highest BCUT2D eigenvalue weighted by Crippen LogP contribution is 2.27. The number of carbonyl (C=O) groups is 1. The molecule has 0 aliphatic carbocycles. The fraction of sp³-hybridized carbons (Fsp3) is 0.150. The maximum atomic E-state index is 12.3. The fourth-order valence-electron chi connectivity index (χ4n) is 2.73. The van der Waals surface area contributed by atoms with E-state index in [0.29, 0.717) is 16.8 Å². The van der Waals surface area contributed by atoms with Gasteiger partial charge in [-0.2, -0.15) is 5.10 Å². The number of hydrogen-bond acceptors (Lipinski definition) is 6. The van der Waals surface area contributed by atoms with E-state index in [1.165, 1.54) is 18.3 Å². The zero-order valence-electron chi connectivity index (χ0n) is 16.5. The van der Waals surface area contributed by atoms with Crippen LogP contribution in [0.25, 0.3) is 10.9 Å². The van der Waals surface area contributed by atoms with Crippen molar-refractivity contribution < 1.29 is 17.9 Å². The second kappa shape index (κ2) is 9.51. The normalized spacial score (nSPS) is 11.6. The first-order valence-corrected chi connectivity index (χ1v) is 11.5. The molecular weight excluding hydrogens is 463 g/mol. The molecule has 1 amide bonds. The summed E-state index contributed by atoms with van der Waals surface area (Å²) in [5, 5.41) is 5.06. The molecule has 2 aromatic carbocycles. The number of amides is 1. The molecule has 31 heavy (non-hydrogen) atoms. The number of fused-ring (bicyclic) bond motifs is 1. The number of nitrogens with one attached hydrogen (secondary N) is 1. The lowest BCUT2D eigenvalue weighted by Crippen LogP contribution is -2.39. The van der Waals surface area contributed by atoms with Gasteiger partial charge in [-0.3, -0.25) is 9.10 Å². The Kier molecular flexibility index (Phi) is 6.99. The van der Waals surface area contributed by atoms with Crippen LogP contribution in [0.15, 0.2) is 53.6 Å². The number of hydrazone groups is 1. The van der Waals surface area contributed by atoms with Gasteiger partial charge in [-0.15, -0.1) is 0 Å². The Hall–Kier alpha value is -2.88. The molecule has 3 aromatic rings. The van der Waals surface area contributed by atoms with Gasteiger partial charge in [-0.05, 0) is 30.3 Å². The van der Waals surface area contributed by atoms with Gasteiger partial charge in [-0.1, -0.05) is 35.3 Å². The van der Waals surface area contributed by atoms with E-state index in [1.807, 2.05) is 6.07 Å². The van der Waals surface area contributed by atoms with Crippen molar-refractivity contribution in [2.75, 3.05) is 24.2 Å². The molecule has 1 aromatic heterocycles. The third-order valence-electron chi connectivity index (χ3n) is 4.21. The summed E-state index contributed by atoms with van der Waals surface area (Å²) in [4.78, 5) is 16.6. The number of ether oxygens (including phenoxy) is 1. The number of methoxy groups -OCH3 is 1. The van der Waals surface area contributed by atoms with E-state index >= 15 is 0 Å². The van der Waals surface area contributed by atoms with Crippen molar-refractivity contribution in [3.05, 3.63) is 64.3 Å². The van der Waals surface area contributed by atoms with Gasteiger partial charge in [0.2, 0.25) is 10.0 Å². The van der Waals surface area contributed by atoms with Gasteiger partial charge < -0.3 is 4.74 Å². The first-order valence-electron chi connectivity index (χ1n) is 8.87. The van der Waals surface area contributed by atoms with Gasteiger partial charge in [-0.25, -0.2) is 18.8 Å². The Labute approximate surface area is 189 Å². The monoisotopic (exact) mass is 480 g/mol. The summed E-state index contributed by atoms with van der Waals surface area (Å²) >= 11 is 12.3. The molecule has 0 spiro atoms. The highest BCUT2D eigenvalue weighted by Gasteiger charge is 2.22. The number of pyridine rings is 1. The molecule has 8 nitrogen and oxygen atoms in total. The van der Waals surface area contributed by atoms with Gasteiger partial charge in [0, 0.05) is 17.0 Å². The molecule has 1 N–H and O–H groups in total. The Morgan fingerprint density at radius 3 is 2.65 bits per heavy atom. The molecule has 0 bridgehead atoms. The van der Waals surface area contributed by atoms with Gasteiger partial charge in [0.05, 0.1) is 35.8 Å². The van der Waals surface area contributed by atoms with E-state index < -0.39 is 22.5 Å². The van der Waals surface area contributed by atoms with Crippen LogP contribution in [-0.4, -0.2) is 45.4 Å². The van der Waals surface area contributed by atoms with Crippen LogP contribution < -0.4 is 14.5 Å². The fourth-order valence-corrected chi connectivity index (χ4v) is 4.08. The predicted molar refractivity (Wildman–Crippen MR) is 123 cm³/mol. The lowest BCUT2D eigenvalue weighted by Gasteiger charge is -2.22. The number of halogens is 2. The predicted octanol–water partition coefficient (Wildman–Crippen LogP) is 3.47. The van der Waals surface area contributed by atoms with Gasteiger partial charge in [0.15, 0.2) is 0 Å². The molecule has 0 aliphatic heterocycles. The first-order chi connectivity index (χ1) is 14.7. The third-order valence-corrected chi connectivity index (χ3v) is 5.96. The molecule has 0 fully saturated rings. The average Bonchev–Trinajstić information content (AvgIpc) is 2.72. The SMILES string of the molecule is COc1ccc2cc(/C=N\NC(=O)CN(c3ccccc3Cl)S(C)(=O)=O)c(Cl)nc2c1. The van der Waals surface area contributed by atoms with Crippen molar-refractivity contribution in [1.82, 2.24) is 10.4 Å². The van der Waals surface area contributed by atoms with Crippen LogP contribution in [0.4, 0.5) is 5.69 Å². The number of anilines is 1. The van der Waals surface area contributed by atoms with Crippen molar-refractivity contribution >= 4 is 61.9 Å². The lowest BCUT2D eigenvalue weighted by molar-refractivity contribution is -0.119.